The van der Waals surface area contributed by atoms with Gasteiger partial charge in [-0.1, -0.05) is 71.7 Å². The summed E-state index contributed by atoms with van der Waals surface area (Å²) in [4.78, 5) is 13.0. The van der Waals surface area contributed by atoms with Gasteiger partial charge in [-0.2, -0.15) is 0 Å². The second kappa shape index (κ2) is 23.3. The molecule has 0 aromatic carbocycles. The zero-order valence-electron chi connectivity index (χ0n) is 30.8. The van der Waals surface area contributed by atoms with E-state index in [0.717, 1.165) is 53.5 Å². The maximum Gasteiger partial charge on any atom is 0.131 e. The monoisotopic (exact) mass is 635 g/mol. The molecule has 8 heteroatoms. The van der Waals surface area contributed by atoms with E-state index in [1.165, 1.54) is 55.6 Å². The van der Waals surface area contributed by atoms with E-state index in [1.807, 2.05) is 47.0 Å². The minimum Gasteiger partial charge on any atom is -0.373 e. The molecule has 5 rings (SSSR count). The Morgan fingerprint density at radius 1 is 0.978 bits per heavy atom. The Kier molecular flexibility index (Phi) is 20.7. The molecule has 2 saturated heterocycles. The SMILES string of the molecule is C1CNC1.C=N/C(=C\C=C(\C)C1CNC1)C(C)C.CC.CC(C)c1ccc(C2CCC2)c(CN)n1.CNc1ccc(C)c(NC)n1. The Morgan fingerprint density at radius 2 is 1.61 bits per heavy atom. The zero-order chi connectivity index (χ0) is 34.5. The molecule has 258 valence electrons. The van der Waals surface area contributed by atoms with Crippen LogP contribution in [0.3, 0.4) is 0 Å². The summed E-state index contributed by atoms with van der Waals surface area (Å²) in [6.07, 6.45) is 9.65. The van der Waals surface area contributed by atoms with Crippen LogP contribution in [-0.2, 0) is 6.54 Å². The van der Waals surface area contributed by atoms with Gasteiger partial charge in [-0.3, -0.25) is 9.98 Å². The summed E-state index contributed by atoms with van der Waals surface area (Å²) in [5.41, 5.74) is 13.1. The predicted molar refractivity (Wildman–Crippen MR) is 202 cm³/mol. The predicted octanol–water partition coefficient (Wildman–Crippen LogP) is 7.80. The van der Waals surface area contributed by atoms with Gasteiger partial charge >= 0.3 is 0 Å². The fourth-order valence-electron chi connectivity index (χ4n) is 4.59. The maximum atomic E-state index is 5.77. The lowest BCUT2D eigenvalue weighted by molar-refractivity contribution is 0.399. The van der Waals surface area contributed by atoms with Crippen LogP contribution in [0.5, 0.6) is 0 Å². The average Bonchev–Trinajstić information content (AvgIpc) is 2.97. The van der Waals surface area contributed by atoms with Gasteiger partial charge in [0.15, 0.2) is 0 Å². The van der Waals surface area contributed by atoms with Crippen molar-refractivity contribution in [2.75, 3.05) is 50.9 Å². The first-order valence-electron chi connectivity index (χ1n) is 17.4. The number of allylic oxidation sites excluding steroid dienone is 3. The van der Waals surface area contributed by atoms with Crippen LogP contribution in [0.4, 0.5) is 11.6 Å². The molecule has 0 bridgehead atoms. The standard InChI is InChI=1S/C13H20N2.C12H20N2.C8H13N3.C3H7N.C2H6/c1-9(2)12-7-6-11(10-4-3-5-10)13(8-14)15-12;1-9(2)12(13-4)6-5-10(3)11-7-14-8-11;1-6-4-5-7(9-2)11-8(6)10-3;1-2-4-3-1;1-2/h6-7,9-10H,3-5,8,14H2,1-2H3;5-6,9,11,14H,4,7-8H2,1-3H3;4-5H,1-3H3,(H2,9,10,11);4H,1-3H2;1-2H3/b;10-5-,12-6-;;;. The summed E-state index contributed by atoms with van der Waals surface area (Å²) in [5.74, 6) is 4.22. The first kappa shape index (κ1) is 41.0. The van der Waals surface area contributed by atoms with Crippen molar-refractivity contribution in [1.29, 1.82) is 0 Å². The third kappa shape index (κ3) is 14.1. The first-order chi connectivity index (χ1) is 22.1. The van der Waals surface area contributed by atoms with Gasteiger partial charge in [0.1, 0.15) is 11.6 Å². The molecule has 2 aromatic rings. The molecule has 1 aliphatic carbocycles. The highest BCUT2D eigenvalue weighted by Gasteiger charge is 2.22. The third-order valence-corrected chi connectivity index (χ3v) is 8.37. The number of rotatable bonds is 9. The van der Waals surface area contributed by atoms with Gasteiger partial charge in [-0.15, -0.1) is 0 Å². The van der Waals surface area contributed by atoms with E-state index in [-0.39, 0.29) is 0 Å². The number of nitrogens with two attached hydrogens (primary N) is 1. The number of nitrogens with one attached hydrogen (secondary N) is 4. The van der Waals surface area contributed by atoms with Crippen LogP contribution in [0, 0.1) is 18.8 Å². The molecule has 4 heterocycles. The van der Waals surface area contributed by atoms with Gasteiger partial charge in [0.05, 0.1) is 5.69 Å². The second-order valence-electron chi connectivity index (χ2n) is 12.4. The van der Waals surface area contributed by atoms with Gasteiger partial charge in [0, 0.05) is 51.0 Å². The van der Waals surface area contributed by atoms with E-state index in [9.17, 15) is 0 Å². The highest BCUT2D eigenvalue weighted by atomic mass is 15.0. The fourth-order valence-corrected chi connectivity index (χ4v) is 4.59. The lowest BCUT2D eigenvalue weighted by Crippen LogP contribution is -2.42. The molecule has 0 spiro atoms. The molecule has 6 N–H and O–H groups in total. The lowest BCUT2D eigenvalue weighted by Gasteiger charge is -2.27. The van der Waals surface area contributed by atoms with Crippen molar-refractivity contribution in [2.45, 2.75) is 99.5 Å². The largest absolute Gasteiger partial charge is 0.373 e. The molecule has 2 aliphatic heterocycles. The third-order valence-electron chi connectivity index (χ3n) is 8.37. The maximum absolute atomic E-state index is 5.77. The van der Waals surface area contributed by atoms with E-state index >= 15 is 0 Å². The molecule has 8 nitrogen and oxygen atoms in total. The zero-order valence-corrected chi connectivity index (χ0v) is 30.8. The number of aromatic nitrogens is 2. The van der Waals surface area contributed by atoms with Crippen LogP contribution in [-0.4, -0.2) is 57.0 Å². The molecule has 3 fully saturated rings. The molecule has 0 amide bonds. The van der Waals surface area contributed by atoms with Crippen LogP contribution >= 0.6 is 0 Å². The Labute approximate surface area is 281 Å². The molecular weight excluding hydrogens is 568 g/mol. The van der Waals surface area contributed by atoms with Crippen LogP contribution in [0.2, 0.25) is 0 Å². The van der Waals surface area contributed by atoms with E-state index in [1.54, 1.807) is 0 Å². The van der Waals surface area contributed by atoms with Crippen molar-refractivity contribution in [3.63, 3.8) is 0 Å². The van der Waals surface area contributed by atoms with Gasteiger partial charge in [-0.05, 0) is 100 Å². The Morgan fingerprint density at radius 3 is 2.00 bits per heavy atom. The molecule has 46 heavy (non-hydrogen) atoms. The van der Waals surface area contributed by atoms with E-state index < -0.39 is 0 Å². The van der Waals surface area contributed by atoms with Gasteiger partial charge in [-0.25, -0.2) is 4.98 Å². The van der Waals surface area contributed by atoms with Crippen molar-refractivity contribution >= 4 is 18.4 Å². The van der Waals surface area contributed by atoms with Crippen LogP contribution < -0.4 is 27.0 Å². The smallest absolute Gasteiger partial charge is 0.131 e. The molecule has 0 unspecified atom stereocenters. The highest BCUT2D eigenvalue weighted by molar-refractivity contribution is 5.50. The molecule has 1 saturated carbocycles. The number of nitrogens with zero attached hydrogens (tertiary/aromatic N) is 3. The number of hydrogen-bond acceptors (Lipinski definition) is 8. The van der Waals surface area contributed by atoms with Crippen molar-refractivity contribution in [1.82, 2.24) is 20.6 Å². The molecule has 0 radical (unpaired) electrons. The number of aryl methyl sites for hydroxylation is 1. The van der Waals surface area contributed by atoms with E-state index in [0.29, 0.717) is 18.4 Å². The minimum absolute atomic E-state index is 0.455. The molecule has 2 aromatic heterocycles. The molecule has 0 atom stereocenters. The normalized spacial score (nSPS) is 15.9. The van der Waals surface area contributed by atoms with Crippen molar-refractivity contribution in [3.05, 3.63) is 70.2 Å². The van der Waals surface area contributed by atoms with Crippen molar-refractivity contribution in [3.8, 4) is 0 Å². The minimum atomic E-state index is 0.455. The van der Waals surface area contributed by atoms with E-state index in [4.69, 9.17) is 5.73 Å². The van der Waals surface area contributed by atoms with Crippen LogP contribution in [0.1, 0.15) is 109 Å². The number of pyridine rings is 2. The van der Waals surface area contributed by atoms with Gasteiger partial charge in [0.2, 0.25) is 0 Å². The lowest BCUT2D eigenvalue weighted by atomic mass is 9.79. The van der Waals surface area contributed by atoms with Crippen molar-refractivity contribution in [2.24, 2.45) is 22.6 Å². The summed E-state index contributed by atoms with van der Waals surface area (Å²) in [6, 6.07) is 8.40. The topological polar surface area (TPSA) is 112 Å². The van der Waals surface area contributed by atoms with E-state index in [2.05, 4.69) is 102 Å². The van der Waals surface area contributed by atoms with Crippen LogP contribution in [0.25, 0.3) is 0 Å². The summed E-state index contributed by atoms with van der Waals surface area (Å²) in [5, 5.41) is 12.4. The second-order valence-corrected chi connectivity index (χ2v) is 12.4. The summed E-state index contributed by atoms with van der Waals surface area (Å²) >= 11 is 0. The quantitative estimate of drug-likeness (QED) is 0.141. The first-order valence-corrected chi connectivity index (χ1v) is 17.4. The molecule has 3 aliphatic rings. The Bertz CT molecular complexity index is 1190. The highest BCUT2D eigenvalue weighted by Crippen LogP contribution is 2.37. The fraction of sp³-hybridized carbons (Fsp3) is 0.605. The number of aliphatic imine (C=N–C) groups is 1. The summed E-state index contributed by atoms with van der Waals surface area (Å²) in [6.45, 7) is 25.7. The number of anilines is 2. The summed E-state index contributed by atoms with van der Waals surface area (Å²) < 4.78 is 0. The average molecular weight is 635 g/mol. The number of hydrogen-bond donors (Lipinski definition) is 5. The molecular formula is C38H66N8. The Balaban J connectivity index is 0.000000319. The van der Waals surface area contributed by atoms with Gasteiger partial charge in [0.25, 0.3) is 0 Å². The van der Waals surface area contributed by atoms with Gasteiger partial charge < -0.3 is 27.0 Å². The Hall–Kier alpha value is -3.07. The summed E-state index contributed by atoms with van der Waals surface area (Å²) in [7, 11) is 3.73. The van der Waals surface area contributed by atoms with Crippen molar-refractivity contribution < 1.29 is 0 Å². The van der Waals surface area contributed by atoms with Crippen LogP contribution in [0.15, 0.2) is 52.7 Å².